The Kier molecular flexibility index (Phi) is 2.72. The Morgan fingerprint density at radius 3 is 3.10 bits per heavy atom. The molecule has 2 saturated heterocycles. The quantitative estimate of drug-likeness (QED) is 0.883. The number of rotatable bonds is 2. The molecule has 0 radical (unpaired) electrons. The fourth-order valence-corrected chi connectivity index (χ4v) is 3.53. The van der Waals surface area contributed by atoms with Gasteiger partial charge in [-0.25, -0.2) is 4.98 Å². The van der Waals surface area contributed by atoms with Gasteiger partial charge in [0.2, 0.25) is 0 Å². The SMILES string of the molecule is O=C(N[C@@H]1C[C@H]2CC[C@@H]1N2)c1cc2ccc(Cl)n2cn1. The van der Waals surface area contributed by atoms with Gasteiger partial charge in [-0.2, -0.15) is 0 Å². The van der Waals surface area contributed by atoms with E-state index in [1.807, 2.05) is 6.07 Å². The molecule has 2 aliphatic heterocycles. The van der Waals surface area contributed by atoms with Crippen molar-refractivity contribution < 1.29 is 4.79 Å². The van der Waals surface area contributed by atoms with Crippen LogP contribution in [-0.4, -0.2) is 33.4 Å². The lowest BCUT2D eigenvalue weighted by Gasteiger charge is -2.21. The number of aromatic nitrogens is 2. The van der Waals surface area contributed by atoms with Gasteiger partial charge in [-0.05, 0) is 37.5 Å². The molecule has 0 spiro atoms. The molecular formula is C14H15ClN4O. The van der Waals surface area contributed by atoms with E-state index in [4.69, 9.17) is 11.6 Å². The molecule has 2 aromatic heterocycles. The average Bonchev–Trinajstić information content (AvgIpc) is 3.14. The van der Waals surface area contributed by atoms with Crippen LogP contribution in [0.15, 0.2) is 24.5 Å². The number of hydrogen-bond donors (Lipinski definition) is 2. The predicted octanol–water partition coefficient (Wildman–Crippen LogP) is 1.61. The molecule has 1 amide bonds. The van der Waals surface area contributed by atoms with Crippen LogP contribution in [0.25, 0.3) is 5.52 Å². The standard InChI is InChI=1S/C14H15ClN4O/c15-13-4-2-9-6-12(16-7-19(9)13)14(20)18-11-5-8-1-3-10(11)17-8/h2,4,6-8,10-11,17H,1,3,5H2,(H,18,20)/t8-,10+,11-/m1/s1. The number of halogens is 1. The molecule has 0 saturated carbocycles. The molecule has 2 N–H and O–H groups in total. The minimum absolute atomic E-state index is 0.107. The first kappa shape index (κ1) is 12.2. The molecule has 0 aromatic carbocycles. The highest BCUT2D eigenvalue weighted by molar-refractivity contribution is 6.30. The Morgan fingerprint density at radius 2 is 2.35 bits per heavy atom. The lowest BCUT2D eigenvalue weighted by atomic mass is 9.95. The summed E-state index contributed by atoms with van der Waals surface area (Å²) in [5, 5.41) is 7.20. The van der Waals surface area contributed by atoms with Crippen LogP contribution in [-0.2, 0) is 0 Å². The van der Waals surface area contributed by atoms with Gasteiger partial charge in [0, 0.05) is 18.1 Å². The monoisotopic (exact) mass is 290 g/mol. The number of carbonyl (C=O) groups excluding carboxylic acids is 1. The first-order valence-corrected chi connectivity index (χ1v) is 7.28. The molecule has 0 unspecified atom stereocenters. The van der Waals surface area contributed by atoms with Gasteiger partial charge in [0.05, 0.1) is 5.52 Å². The van der Waals surface area contributed by atoms with Crippen LogP contribution >= 0.6 is 11.6 Å². The third-order valence-corrected chi connectivity index (χ3v) is 4.65. The van der Waals surface area contributed by atoms with Crippen LogP contribution in [0.3, 0.4) is 0 Å². The summed E-state index contributed by atoms with van der Waals surface area (Å²) in [5.74, 6) is -0.107. The van der Waals surface area contributed by atoms with Crippen molar-refractivity contribution in [2.24, 2.45) is 0 Å². The highest BCUT2D eigenvalue weighted by atomic mass is 35.5. The average molecular weight is 291 g/mol. The van der Waals surface area contributed by atoms with Gasteiger partial charge in [0.25, 0.3) is 5.91 Å². The van der Waals surface area contributed by atoms with Crippen LogP contribution in [0.2, 0.25) is 5.15 Å². The predicted molar refractivity (Wildman–Crippen MR) is 76.0 cm³/mol. The summed E-state index contributed by atoms with van der Waals surface area (Å²) in [6.45, 7) is 0. The maximum Gasteiger partial charge on any atom is 0.270 e. The van der Waals surface area contributed by atoms with Crippen molar-refractivity contribution in [3.63, 3.8) is 0 Å². The summed E-state index contributed by atoms with van der Waals surface area (Å²) in [5.41, 5.74) is 1.32. The van der Waals surface area contributed by atoms with Gasteiger partial charge < -0.3 is 10.6 Å². The Balaban J connectivity index is 1.54. The van der Waals surface area contributed by atoms with Crippen molar-refractivity contribution in [1.82, 2.24) is 20.0 Å². The number of nitrogens with one attached hydrogen (secondary N) is 2. The molecular weight excluding hydrogens is 276 g/mol. The zero-order valence-corrected chi connectivity index (χ0v) is 11.6. The highest BCUT2D eigenvalue weighted by Crippen LogP contribution is 2.28. The van der Waals surface area contributed by atoms with Crippen LogP contribution in [0.4, 0.5) is 0 Å². The highest BCUT2D eigenvalue weighted by Gasteiger charge is 2.39. The van der Waals surface area contributed by atoms with Crippen LogP contribution in [0, 0.1) is 0 Å². The third-order valence-electron chi connectivity index (χ3n) is 4.35. The smallest absolute Gasteiger partial charge is 0.270 e. The summed E-state index contributed by atoms with van der Waals surface area (Å²) in [4.78, 5) is 16.5. The first-order valence-electron chi connectivity index (χ1n) is 6.90. The number of hydrogen-bond acceptors (Lipinski definition) is 3. The molecule has 4 rings (SSSR count). The number of fused-ring (bicyclic) bond motifs is 3. The lowest BCUT2D eigenvalue weighted by Crippen LogP contribution is -2.43. The zero-order valence-electron chi connectivity index (χ0n) is 10.8. The Hall–Kier alpha value is -1.59. The minimum Gasteiger partial charge on any atom is -0.346 e. The summed E-state index contributed by atoms with van der Waals surface area (Å²) in [6, 6.07) is 6.66. The number of nitrogens with zero attached hydrogens (tertiary/aromatic N) is 2. The molecule has 3 atom stereocenters. The van der Waals surface area contributed by atoms with Crippen molar-refractivity contribution >= 4 is 23.0 Å². The summed E-state index contributed by atoms with van der Waals surface area (Å²) < 4.78 is 1.75. The Bertz CT molecular complexity index is 683. The maximum absolute atomic E-state index is 12.3. The fourth-order valence-electron chi connectivity index (χ4n) is 3.33. The van der Waals surface area contributed by atoms with E-state index in [2.05, 4.69) is 15.6 Å². The summed E-state index contributed by atoms with van der Waals surface area (Å²) >= 11 is 6.00. The number of amides is 1. The molecule has 0 aliphatic carbocycles. The van der Waals surface area contributed by atoms with E-state index in [-0.39, 0.29) is 11.9 Å². The van der Waals surface area contributed by atoms with Crippen LogP contribution < -0.4 is 10.6 Å². The van der Waals surface area contributed by atoms with Crippen LogP contribution in [0.1, 0.15) is 29.8 Å². The Labute approximate surface area is 121 Å². The molecule has 20 heavy (non-hydrogen) atoms. The van der Waals surface area contributed by atoms with Crippen molar-refractivity contribution in [3.05, 3.63) is 35.4 Å². The van der Waals surface area contributed by atoms with E-state index in [1.54, 1.807) is 22.9 Å². The largest absolute Gasteiger partial charge is 0.346 e. The Morgan fingerprint density at radius 1 is 1.45 bits per heavy atom. The third kappa shape index (κ3) is 1.89. The topological polar surface area (TPSA) is 58.4 Å². The van der Waals surface area contributed by atoms with E-state index in [0.717, 1.165) is 18.4 Å². The second-order valence-corrected chi connectivity index (χ2v) is 5.98. The molecule has 2 fully saturated rings. The summed E-state index contributed by atoms with van der Waals surface area (Å²) in [7, 11) is 0. The fraction of sp³-hybridized carbons (Fsp3) is 0.429. The molecule has 2 aliphatic rings. The van der Waals surface area contributed by atoms with E-state index in [9.17, 15) is 4.79 Å². The lowest BCUT2D eigenvalue weighted by molar-refractivity contribution is 0.0926. The molecule has 2 bridgehead atoms. The van der Waals surface area contributed by atoms with E-state index in [1.165, 1.54) is 6.42 Å². The summed E-state index contributed by atoms with van der Waals surface area (Å²) in [6.07, 6.45) is 4.99. The van der Waals surface area contributed by atoms with Crippen molar-refractivity contribution in [1.29, 1.82) is 0 Å². The maximum atomic E-state index is 12.3. The van der Waals surface area contributed by atoms with Crippen LogP contribution in [0.5, 0.6) is 0 Å². The van der Waals surface area contributed by atoms with E-state index in [0.29, 0.717) is 22.9 Å². The van der Waals surface area contributed by atoms with Crippen molar-refractivity contribution in [2.75, 3.05) is 0 Å². The molecule has 4 heterocycles. The molecule has 6 heteroatoms. The van der Waals surface area contributed by atoms with Gasteiger partial charge in [-0.15, -0.1) is 0 Å². The molecule has 2 aromatic rings. The first-order chi connectivity index (χ1) is 9.70. The van der Waals surface area contributed by atoms with Crippen molar-refractivity contribution in [2.45, 2.75) is 37.4 Å². The van der Waals surface area contributed by atoms with Gasteiger partial charge >= 0.3 is 0 Å². The zero-order chi connectivity index (χ0) is 13.7. The second kappa shape index (κ2) is 4.46. The van der Waals surface area contributed by atoms with E-state index < -0.39 is 0 Å². The van der Waals surface area contributed by atoms with Gasteiger partial charge in [0.15, 0.2) is 0 Å². The number of carbonyl (C=O) groups is 1. The minimum atomic E-state index is -0.107. The van der Waals surface area contributed by atoms with Gasteiger partial charge in [-0.3, -0.25) is 9.20 Å². The molecule has 5 nitrogen and oxygen atoms in total. The van der Waals surface area contributed by atoms with Gasteiger partial charge in [-0.1, -0.05) is 11.6 Å². The van der Waals surface area contributed by atoms with E-state index >= 15 is 0 Å². The second-order valence-electron chi connectivity index (χ2n) is 5.59. The van der Waals surface area contributed by atoms with Gasteiger partial charge in [0.1, 0.15) is 17.2 Å². The normalized spacial score (nSPS) is 28.1. The van der Waals surface area contributed by atoms with Crippen molar-refractivity contribution in [3.8, 4) is 0 Å². The molecule has 104 valence electrons.